The van der Waals surface area contributed by atoms with E-state index in [1.54, 1.807) is 6.20 Å². The van der Waals surface area contributed by atoms with Crippen LogP contribution in [0, 0.1) is 6.92 Å². The van der Waals surface area contributed by atoms with E-state index in [1.807, 2.05) is 64.0 Å². The number of carbonyl (C=O) groups excluding carboxylic acids is 1. The zero-order valence-corrected chi connectivity index (χ0v) is 17.8. The summed E-state index contributed by atoms with van der Waals surface area (Å²) >= 11 is 0. The van der Waals surface area contributed by atoms with Crippen molar-refractivity contribution in [3.8, 4) is 11.3 Å². The van der Waals surface area contributed by atoms with Gasteiger partial charge in [0.1, 0.15) is 0 Å². The molecule has 0 radical (unpaired) electrons. The molecule has 1 heterocycles. The summed E-state index contributed by atoms with van der Waals surface area (Å²) in [4.78, 5) is 20.6. The third-order valence-electron chi connectivity index (χ3n) is 3.71. The Kier molecular flexibility index (Phi) is 11.8. The fourth-order valence-electron chi connectivity index (χ4n) is 2.38. The highest BCUT2D eigenvalue weighted by atomic mass is 16.5. The highest BCUT2D eigenvalue weighted by molar-refractivity contribution is 5.88. The smallest absolute Gasteiger partial charge is 0.319 e. The van der Waals surface area contributed by atoms with Gasteiger partial charge in [-0.15, -0.1) is 0 Å². The molecule has 2 rings (SSSR count). The molecule has 0 atom stereocenters. The fourth-order valence-corrected chi connectivity index (χ4v) is 2.38. The number of benzene rings is 1. The molecule has 0 fully saturated rings. The monoisotopic (exact) mass is 384 g/mol. The number of hydrogen-bond donors (Lipinski definition) is 1. The first-order valence-corrected chi connectivity index (χ1v) is 9.03. The van der Waals surface area contributed by atoms with Crippen molar-refractivity contribution in [3.63, 3.8) is 0 Å². The number of aromatic nitrogens is 1. The first-order valence-electron chi connectivity index (χ1n) is 9.03. The molecule has 2 N–H and O–H groups in total. The van der Waals surface area contributed by atoms with Gasteiger partial charge in [-0.05, 0) is 31.3 Å². The number of methoxy groups -OCH3 is 1. The van der Waals surface area contributed by atoms with Crippen LogP contribution in [0.5, 0.6) is 0 Å². The lowest BCUT2D eigenvalue weighted by molar-refractivity contribution is -0.138. The average Bonchev–Trinajstić information content (AvgIpc) is 2.74. The molecule has 0 bridgehead atoms. The molecular weight excluding hydrogens is 352 g/mol. The molecule has 0 aliphatic carbocycles. The van der Waals surface area contributed by atoms with Crippen LogP contribution in [0.15, 0.2) is 42.0 Å². The van der Waals surface area contributed by atoms with Gasteiger partial charge >= 0.3 is 5.97 Å². The molecular formula is C22H32N4O2. The number of pyridine rings is 1. The second kappa shape index (κ2) is 13.2. The molecule has 0 unspecified atom stereocenters. The summed E-state index contributed by atoms with van der Waals surface area (Å²) in [5.41, 5.74) is 10.7. The first-order chi connectivity index (χ1) is 13.4. The summed E-state index contributed by atoms with van der Waals surface area (Å²) in [7, 11) is 5.31. The van der Waals surface area contributed by atoms with E-state index in [4.69, 9.17) is 5.73 Å². The Balaban J connectivity index is 0.000000780. The maximum absolute atomic E-state index is 9.83. The molecule has 0 amide bonds. The number of nitrogens with two attached hydrogens (primary N) is 1. The van der Waals surface area contributed by atoms with E-state index in [9.17, 15) is 4.79 Å². The number of anilines is 1. The van der Waals surface area contributed by atoms with Crippen molar-refractivity contribution in [3.05, 3.63) is 48.2 Å². The molecule has 0 saturated heterocycles. The first kappa shape index (κ1) is 25.0. The zero-order chi connectivity index (χ0) is 21.7. The van der Waals surface area contributed by atoms with Gasteiger partial charge in [0.15, 0.2) is 0 Å². The molecule has 28 heavy (non-hydrogen) atoms. The lowest BCUT2D eigenvalue weighted by Gasteiger charge is -2.18. The Morgan fingerprint density at radius 2 is 1.96 bits per heavy atom. The third-order valence-corrected chi connectivity index (χ3v) is 3.71. The van der Waals surface area contributed by atoms with Crippen LogP contribution in [-0.4, -0.2) is 45.4 Å². The van der Waals surface area contributed by atoms with Crippen molar-refractivity contribution in [2.24, 2.45) is 10.7 Å². The van der Waals surface area contributed by atoms with Gasteiger partial charge in [-0.25, -0.2) is 0 Å². The van der Waals surface area contributed by atoms with E-state index in [0.717, 1.165) is 33.8 Å². The van der Waals surface area contributed by atoms with Crippen LogP contribution in [-0.2, 0) is 9.53 Å². The maximum atomic E-state index is 9.83. The number of nitrogens with zero attached hydrogens (tertiary/aromatic N) is 3. The molecule has 152 valence electrons. The van der Waals surface area contributed by atoms with Crippen molar-refractivity contribution in [1.29, 1.82) is 0 Å². The van der Waals surface area contributed by atoms with Crippen LogP contribution in [0.1, 0.15) is 25.0 Å². The number of rotatable bonds is 5. The minimum absolute atomic E-state index is 0.0312. The van der Waals surface area contributed by atoms with Gasteiger partial charge in [0.05, 0.1) is 30.7 Å². The van der Waals surface area contributed by atoms with Gasteiger partial charge in [0.2, 0.25) is 0 Å². The van der Waals surface area contributed by atoms with Gasteiger partial charge in [-0.2, -0.15) is 0 Å². The van der Waals surface area contributed by atoms with Crippen LogP contribution < -0.4 is 10.6 Å². The maximum Gasteiger partial charge on any atom is 0.319 e. The predicted octanol–water partition coefficient (Wildman–Crippen LogP) is 4.24. The van der Waals surface area contributed by atoms with Gasteiger partial charge in [-0.3, -0.25) is 14.8 Å². The molecule has 0 saturated carbocycles. The standard InChI is InChI=1S/C17H19N3.C3H7NO2.C2H6/c1-6-13-12(2)9-10-14(16(13)18-3)17-15(20(4)5)8-7-11-19-17;1-6-3(5)2-4;1-2/h6-11H,1,3H2,2,4-5H3;2,4H2,1H3;1-2H3. The molecule has 0 spiro atoms. The van der Waals surface area contributed by atoms with E-state index < -0.39 is 0 Å². The Labute approximate surface area is 168 Å². The van der Waals surface area contributed by atoms with Crippen molar-refractivity contribution in [2.45, 2.75) is 20.8 Å². The highest BCUT2D eigenvalue weighted by Gasteiger charge is 2.14. The van der Waals surface area contributed by atoms with E-state index in [1.165, 1.54) is 7.11 Å². The Morgan fingerprint density at radius 1 is 1.32 bits per heavy atom. The molecule has 0 aliphatic rings. The van der Waals surface area contributed by atoms with Gasteiger partial charge in [-0.1, -0.05) is 38.6 Å². The number of hydrogen-bond acceptors (Lipinski definition) is 6. The van der Waals surface area contributed by atoms with Crippen molar-refractivity contribution in [2.75, 3.05) is 32.6 Å². The molecule has 0 aliphatic heterocycles. The fraction of sp³-hybridized carbons (Fsp3) is 0.318. The third kappa shape index (κ3) is 6.63. The van der Waals surface area contributed by atoms with E-state index in [0.29, 0.717) is 0 Å². The van der Waals surface area contributed by atoms with Crippen LogP contribution >= 0.6 is 0 Å². The summed E-state index contributed by atoms with van der Waals surface area (Å²) in [6.07, 6.45) is 3.61. The molecule has 1 aromatic carbocycles. The normalized spacial score (nSPS) is 9.11. The van der Waals surface area contributed by atoms with Gasteiger partial charge in [0.25, 0.3) is 0 Å². The van der Waals surface area contributed by atoms with Crippen LogP contribution in [0.4, 0.5) is 11.4 Å². The van der Waals surface area contributed by atoms with Crippen LogP contribution in [0.2, 0.25) is 0 Å². The quantitative estimate of drug-likeness (QED) is 0.616. The summed E-state index contributed by atoms with van der Waals surface area (Å²) in [6, 6.07) is 8.09. The molecule has 1 aromatic heterocycles. The molecule has 6 nitrogen and oxygen atoms in total. The average molecular weight is 385 g/mol. The summed E-state index contributed by atoms with van der Waals surface area (Å²) < 4.78 is 4.14. The summed E-state index contributed by atoms with van der Waals surface area (Å²) in [5.74, 6) is -0.380. The minimum atomic E-state index is -0.380. The second-order valence-electron chi connectivity index (χ2n) is 5.60. The Bertz CT molecular complexity index is 780. The van der Waals surface area contributed by atoms with Gasteiger partial charge in [0, 0.05) is 31.4 Å². The number of aryl methyl sites for hydroxylation is 1. The van der Waals surface area contributed by atoms with Crippen molar-refractivity contribution < 1.29 is 9.53 Å². The molecule has 6 heteroatoms. The SMILES string of the molecule is C=Cc1c(C)ccc(-c2ncccc2N(C)C)c1N=C.CC.COC(=O)CN. The van der Waals surface area contributed by atoms with Gasteiger partial charge < -0.3 is 15.4 Å². The number of aliphatic imine (C=N–C) groups is 1. The summed E-state index contributed by atoms with van der Waals surface area (Å²) in [6.45, 7) is 13.6. The topological polar surface area (TPSA) is 80.8 Å². The lowest BCUT2D eigenvalue weighted by Crippen LogP contribution is -2.14. The number of esters is 1. The highest BCUT2D eigenvalue weighted by Crippen LogP contribution is 2.38. The Hall–Kier alpha value is -2.99. The number of ether oxygens (including phenoxy) is 1. The second-order valence-corrected chi connectivity index (χ2v) is 5.60. The molecule has 2 aromatic rings. The van der Waals surface area contributed by atoms with Crippen LogP contribution in [0.25, 0.3) is 17.3 Å². The minimum Gasteiger partial charge on any atom is -0.468 e. The van der Waals surface area contributed by atoms with E-state index in [2.05, 4.69) is 34.1 Å². The van der Waals surface area contributed by atoms with Crippen molar-refractivity contribution >= 4 is 30.1 Å². The lowest BCUT2D eigenvalue weighted by atomic mass is 9.98. The van der Waals surface area contributed by atoms with Crippen molar-refractivity contribution in [1.82, 2.24) is 4.98 Å². The largest absolute Gasteiger partial charge is 0.468 e. The van der Waals surface area contributed by atoms with Crippen LogP contribution in [0.3, 0.4) is 0 Å². The predicted molar refractivity (Wildman–Crippen MR) is 120 cm³/mol. The Morgan fingerprint density at radius 3 is 2.39 bits per heavy atom. The zero-order valence-electron chi connectivity index (χ0n) is 17.8. The van der Waals surface area contributed by atoms with E-state index >= 15 is 0 Å². The summed E-state index contributed by atoms with van der Waals surface area (Å²) in [5, 5.41) is 0. The van der Waals surface area contributed by atoms with E-state index in [-0.39, 0.29) is 12.5 Å². The number of carbonyl (C=O) groups is 1.